The summed E-state index contributed by atoms with van der Waals surface area (Å²) in [6, 6.07) is 8.10. The number of esters is 1. The van der Waals surface area contributed by atoms with Gasteiger partial charge in [0.1, 0.15) is 11.9 Å². The molecule has 1 aromatic carbocycles. The smallest absolute Gasteiger partial charge is 0.309 e. The van der Waals surface area contributed by atoms with E-state index in [0.29, 0.717) is 0 Å². The van der Waals surface area contributed by atoms with Crippen molar-refractivity contribution in [2.24, 2.45) is 5.92 Å². The number of rotatable bonds is 13. The lowest BCUT2D eigenvalue weighted by atomic mass is 9.95. The van der Waals surface area contributed by atoms with Crippen molar-refractivity contribution in [1.82, 2.24) is 0 Å². The van der Waals surface area contributed by atoms with E-state index < -0.39 is 0 Å². The average molecular weight is 361 g/mol. The van der Waals surface area contributed by atoms with Crippen LogP contribution in [0.4, 0.5) is 0 Å². The Hall–Kier alpha value is -1.51. The van der Waals surface area contributed by atoms with E-state index in [4.69, 9.17) is 9.47 Å². The fourth-order valence-electron chi connectivity index (χ4n) is 3.57. The highest BCUT2D eigenvalue weighted by Gasteiger charge is 2.34. The van der Waals surface area contributed by atoms with Gasteiger partial charge in [-0.3, -0.25) is 4.79 Å². The molecule has 1 saturated heterocycles. The summed E-state index contributed by atoms with van der Waals surface area (Å²) in [6.07, 6.45) is 12.8. The maximum Gasteiger partial charge on any atom is 0.309 e. The molecule has 0 amide bonds. The van der Waals surface area contributed by atoms with Gasteiger partial charge >= 0.3 is 5.97 Å². The normalized spacial score (nSPS) is 19.5. The standard InChI is InChI=1S/C23H36O3/c1-3-5-7-8-9-11-17-25-21-15-13-19(14-16-21)22-18-20(23(24)26-22)12-10-6-4-2/h13-16,20,22H,3-12,17-18H2,1-2H3. The highest BCUT2D eigenvalue weighted by atomic mass is 16.6. The predicted molar refractivity (Wildman–Crippen MR) is 106 cm³/mol. The van der Waals surface area contributed by atoms with Crippen molar-refractivity contribution < 1.29 is 14.3 Å². The third-order valence-electron chi connectivity index (χ3n) is 5.26. The third-order valence-corrected chi connectivity index (χ3v) is 5.26. The van der Waals surface area contributed by atoms with Crippen LogP contribution in [0.2, 0.25) is 0 Å². The Bertz CT molecular complexity index is 509. The van der Waals surface area contributed by atoms with Crippen molar-refractivity contribution in [2.75, 3.05) is 6.61 Å². The fraction of sp³-hybridized carbons (Fsp3) is 0.696. The van der Waals surface area contributed by atoms with Crippen LogP contribution < -0.4 is 4.74 Å². The molecule has 0 aliphatic carbocycles. The van der Waals surface area contributed by atoms with Crippen LogP contribution in [-0.2, 0) is 9.53 Å². The summed E-state index contributed by atoms with van der Waals surface area (Å²) in [5.74, 6) is 0.968. The van der Waals surface area contributed by atoms with Crippen LogP contribution in [0.15, 0.2) is 24.3 Å². The highest BCUT2D eigenvalue weighted by Crippen LogP contribution is 2.36. The van der Waals surface area contributed by atoms with E-state index in [1.807, 2.05) is 24.3 Å². The van der Waals surface area contributed by atoms with E-state index in [1.54, 1.807) is 0 Å². The first-order chi connectivity index (χ1) is 12.7. The molecule has 2 unspecified atom stereocenters. The summed E-state index contributed by atoms with van der Waals surface area (Å²) in [5.41, 5.74) is 1.09. The zero-order chi connectivity index (χ0) is 18.6. The van der Waals surface area contributed by atoms with E-state index >= 15 is 0 Å². The Kier molecular flexibility index (Phi) is 9.58. The topological polar surface area (TPSA) is 35.5 Å². The quantitative estimate of drug-likeness (QED) is 0.293. The van der Waals surface area contributed by atoms with E-state index in [2.05, 4.69) is 13.8 Å². The minimum absolute atomic E-state index is 0.0190. The van der Waals surface area contributed by atoms with Gasteiger partial charge in [0.2, 0.25) is 0 Å². The summed E-state index contributed by atoms with van der Waals surface area (Å²) in [4.78, 5) is 12.0. The van der Waals surface area contributed by atoms with Gasteiger partial charge in [-0.1, -0.05) is 77.3 Å². The van der Waals surface area contributed by atoms with E-state index in [-0.39, 0.29) is 18.0 Å². The van der Waals surface area contributed by atoms with Crippen molar-refractivity contribution in [3.05, 3.63) is 29.8 Å². The van der Waals surface area contributed by atoms with Gasteiger partial charge < -0.3 is 9.47 Å². The van der Waals surface area contributed by atoms with Gasteiger partial charge in [-0.2, -0.15) is 0 Å². The molecule has 1 aromatic rings. The molecule has 2 rings (SSSR count). The Morgan fingerprint density at radius 1 is 0.923 bits per heavy atom. The minimum atomic E-state index is -0.0817. The Morgan fingerprint density at radius 2 is 1.58 bits per heavy atom. The van der Waals surface area contributed by atoms with E-state index in [0.717, 1.165) is 43.6 Å². The van der Waals surface area contributed by atoms with Gasteiger partial charge in [0.25, 0.3) is 0 Å². The molecule has 146 valence electrons. The number of hydrogen-bond donors (Lipinski definition) is 0. The molecule has 0 radical (unpaired) electrons. The molecule has 1 fully saturated rings. The second-order valence-electron chi connectivity index (χ2n) is 7.54. The molecule has 1 aliphatic rings. The lowest BCUT2D eigenvalue weighted by Gasteiger charge is -2.11. The molecule has 26 heavy (non-hydrogen) atoms. The molecule has 2 atom stereocenters. The van der Waals surface area contributed by atoms with E-state index in [1.165, 1.54) is 44.9 Å². The van der Waals surface area contributed by atoms with Crippen LogP contribution in [0.1, 0.15) is 96.1 Å². The fourth-order valence-corrected chi connectivity index (χ4v) is 3.57. The van der Waals surface area contributed by atoms with Crippen LogP contribution in [-0.4, -0.2) is 12.6 Å². The molecular weight excluding hydrogens is 324 g/mol. The summed E-state index contributed by atoms with van der Waals surface area (Å²) in [6.45, 7) is 5.21. The lowest BCUT2D eigenvalue weighted by molar-refractivity contribution is -0.144. The van der Waals surface area contributed by atoms with Crippen molar-refractivity contribution >= 4 is 5.97 Å². The first kappa shape index (κ1) is 20.8. The molecular formula is C23H36O3. The van der Waals surface area contributed by atoms with Crippen LogP contribution in [0.3, 0.4) is 0 Å². The maximum atomic E-state index is 12.0. The number of cyclic esters (lactones) is 1. The van der Waals surface area contributed by atoms with Crippen LogP contribution in [0.25, 0.3) is 0 Å². The second kappa shape index (κ2) is 12.0. The van der Waals surface area contributed by atoms with Gasteiger partial charge in [-0.25, -0.2) is 0 Å². The first-order valence-corrected chi connectivity index (χ1v) is 10.7. The molecule has 0 saturated carbocycles. The number of carbonyl (C=O) groups excluding carboxylic acids is 1. The SMILES string of the molecule is CCCCCCCCOc1ccc(C2CC(CCCCC)C(=O)O2)cc1. The lowest BCUT2D eigenvalue weighted by Crippen LogP contribution is -2.06. The number of hydrogen-bond acceptors (Lipinski definition) is 3. The monoisotopic (exact) mass is 360 g/mol. The molecule has 1 heterocycles. The van der Waals surface area contributed by atoms with Crippen LogP contribution >= 0.6 is 0 Å². The van der Waals surface area contributed by atoms with Gasteiger partial charge in [0, 0.05) is 6.42 Å². The summed E-state index contributed by atoms with van der Waals surface area (Å²) in [7, 11) is 0. The predicted octanol–water partition coefficient (Wildman–Crippen LogP) is 6.61. The zero-order valence-corrected chi connectivity index (χ0v) is 16.7. The summed E-state index contributed by atoms with van der Waals surface area (Å²) < 4.78 is 11.4. The average Bonchev–Trinajstić information content (AvgIpc) is 3.02. The van der Waals surface area contributed by atoms with Crippen molar-refractivity contribution in [3.63, 3.8) is 0 Å². The molecule has 0 spiro atoms. The van der Waals surface area contributed by atoms with Gasteiger partial charge in [0.05, 0.1) is 12.5 Å². The molecule has 0 bridgehead atoms. The van der Waals surface area contributed by atoms with Crippen LogP contribution in [0, 0.1) is 5.92 Å². The number of unbranched alkanes of at least 4 members (excludes halogenated alkanes) is 7. The second-order valence-corrected chi connectivity index (χ2v) is 7.54. The zero-order valence-electron chi connectivity index (χ0n) is 16.7. The Labute approximate surface area is 159 Å². The van der Waals surface area contributed by atoms with Crippen molar-refractivity contribution in [3.8, 4) is 5.75 Å². The minimum Gasteiger partial charge on any atom is -0.494 e. The Morgan fingerprint density at radius 3 is 2.31 bits per heavy atom. The first-order valence-electron chi connectivity index (χ1n) is 10.7. The number of benzene rings is 1. The molecule has 0 aromatic heterocycles. The van der Waals surface area contributed by atoms with Crippen molar-refractivity contribution in [2.45, 2.75) is 90.6 Å². The van der Waals surface area contributed by atoms with Crippen LogP contribution in [0.5, 0.6) is 5.75 Å². The van der Waals surface area contributed by atoms with Gasteiger partial charge in [-0.05, 0) is 30.5 Å². The highest BCUT2D eigenvalue weighted by molar-refractivity contribution is 5.74. The van der Waals surface area contributed by atoms with Crippen molar-refractivity contribution in [1.29, 1.82) is 0 Å². The molecule has 3 nitrogen and oxygen atoms in total. The van der Waals surface area contributed by atoms with Gasteiger partial charge in [-0.15, -0.1) is 0 Å². The largest absolute Gasteiger partial charge is 0.494 e. The Balaban J connectivity index is 1.69. The van der Waals surface area contributed by atoms with Gasteiger partial charge in [0.15, 0.2) is 0 Å². The summed E-state index contributed by atoms with van der Waals surface area (Å²) in [5, 5.41) is 0. The number of ether oxygens (including phenoxy) is 2. The number of carbonyl (C=O) groups is 1. The molecule has 0 N–H and O–H groups in total. The maximum absolute atomic E-state index is 12.0. The third kappa shape index (κ3) is 7.01. The molecule has 1 aliphatic heterocycles. The molecule has 3 heteroatoms. The van der Waals surface area contributed by atoms with E-state index in [9.17, 15) is 4.79 Å². The summed E-state index contributed by atoms with van der Waals surface area (Å²) >= 11 is 0.